The Labute approximate surface area is 197 Å². The minimum atomic E-state index is -0.140. The Bertz CT molecular complexity index is 1240. The van der Waals surface area contributed by atoms with Gasteiger partial charge in [0.2, 0.25) is 5.91 Å². The van der Waals surface area contributed by atoms with Gasteiger partial charge in [-0.15, -0.1) is 5.10 Å². The second kappa shape index (κ2) is 8.71. The fraction of sp³-hybridized carbons (Fsp3) is 0.400. The topological polar surface area (TPSA) is 69.4 Å². The highest BCUT2D eigenvalue weighted by molar-refractivity contribution is 6.33. The molecule has 1 saturated carbocycles. The molecule has 172 valence electrons. The van der Waals surface area contributed by atoms with Crippen molar-refractivity contribution in [3.63, 3.8) is 0 Å². The quantitative estimate of drug-likeness (QED) is 0.553. The monoisotopic (exact) mass is 466 g/mol. The van der Waals surface area contributed by atoms with E-state index in [1.54, 1.807) is 24.8 Å². The van der Waals surface area contributed by atoms with Gasteiger partial charge in [-0.2, -0.15) is 0 Å². The average Bonchev–Trinajstić information content (AvgIpc) is 3.51. The van der Waals surface area contributed by atoms with Gasteiger partial charge in [-0.1, -0.05) is 35.9 Å². The lowest BCUT2D eigenvalue weighted by atomic mass is 10.0. The molecule has 2 aliphatic rings. The van der Waals surface area contributed by atoms with Gasteiger partial charge in [-0.3, -0.25) is 9.36 Å². The molecule has 2 aromatic carbocycles. The zero-order chi connectivity index (χ0) is 23.1. The standard InChI is InChI=1S/C25H27ClN4O3/c1-28-25(32)30(15-16-11-12-29(14-16)24(31)19-7-8-19)23(27-28)18-5-3-17(4-6-18)21-10-9-20(33-2)13-22(21)26/h3-6,9-10,13,16,19H,7-8,11-12,14-15H2,1-2H3/t16-/m1/s1. The zero-order valence-electron chi connectivity index (χ0n) is 18.8. The van der Waals surface area contributed by atoms with Crippen molar-refractivity contribution < 1.29 is 9.53 Å². The summed E-state index contributed by atoms with van der Waals surface area (Å²) in [5.41, 5.74) is 2.61. The van der Waals surface area contributed by atoms with Crippen LogP contribution in [0.1, 0.15) is 19.3 Å². The molecule has 5 rings (SSSR count). The number of rotatable bonds is 6. The first-order valence-electron chi connectivity index (χ1n) is 11.3. The van der Waals surface area contributed by atoms with E-state index in [2.05, 4.69) is 5.10 Å². The third kappa shape index (κ3) is 4.29. The first-order valence-corrected chi connectivity index (χ1v) is 11.7. The summed E-state index contributed by atoms with van der Waals surface area (Å²) in [5, 5.41) is 5.12. The number of ether oxygens (including phenoxy) is 1. The summed E-state index contributed by atoms with van der Waals surface area (Å²) in [6.45, 7) is 2.05. The van der Waals surface area contributed by atoms with Crippen molar-refractivity contribution in [2.24, 2.45) is 18.9 Å². The Hall–Kier alpha value is -3.06. The molecule has 0 spiro atoms. The largest absolute Gasteiger partial charge is 0.497 e. The molecule has 8 heteroatoms. The van der Waals surface area contributed by atoms with Crippen molar-refractivity contribution in [1.82, 2.24) is 19.2 Å². The third-order valence-corrected chi connectivity index (χ3v) is 6.92. The van der Waals surface area contributed by atoms with Crippen molar-refractivity contribution in [2.45, 2.75) is 25.8 Å². The molecule has 2 fully saturated rings. The Morgan fingerprint density at radius 2 is 1.85 bits per heavy atom. The molecule has 0 N–H and O–H groups in total. The molecule has 33 heavy (non-hydrogen) atoms. The molecular formula is C25H27ClN4O3. The minimum Gasteiger partial charge on any atom is -0.497 e. The molecule has 2 heterocycles. The summed E-state index contributed by atoms with van der Waals surface area (Å²) in [5.74, 6) is 2.12. The summed E-state index contributed by atoms with van der Waals surface area (Å²) in [7, 11) is 3.28. The van der Waals surface area contributed by atoms with E-state index < -0.39 is 0 Å². The number of hydrogen-bond donors (Lipinski definition) is 0. The van der Waals surface area contributed by atoms with Crippen molar-refractivity contribution in [3.05, 3.63) is 58.0 Å². The van der Waals surface area contributed by atoms with Crippen LogP contribution in [0.5, 0.6) is 5.75 Å². The van der Waals surface area contributed by atoms with Crippen LogP contribution in [0.4, 0.5) is 0 Å². The maximum Gasteiger partial charge on any atom is 0.345 e. The molecule has 1 aliphatic heterocycles. The number of carbonyl (C=O) groups is 1. The van der Waals surface area contributed by atoms with Gasteiger partial charge in [0.15, 0.2) is 5.82 Å². The highest BCUT2D eigenvalue weighted by atomic mass is 35.5. The van der Waals surface area contributed by atoms with Crippen LogP contribution in [0, 0.1) is 11.8 Å². The lowest BCUT2D eigenvalue weighted by Gasteiger charge is -2.16. The second-order valence-electron chi connectivity index (χ2n) is 8.98. The normalized spacial score (nSPS) is 18.0. The fourth-order valence-electron chi connectivity index (χ4n) is 4.57. The molecule has 1 atom stereocenters. The van der Waals surface area contributed by atoms with E-state index in [9.17, 15) is 9.59 Å². The predicted molar refractivity (Wildman–Crippen MR) is 127 cm³/mol. The first kappa shape index (κ1) is 21.8. The summed E-state index contributed by atoms with van der Waals surface area (Å²) in [6, 6.07) is 13.5. The number of hydrogen-bond acceptors (Lipinski definition) is 4. The predicted octanol–water partition coefficient (Wildman–Crippen LogP) is 3.84. The molecule has 1 aliphatic carbocycles. The van der Waals surface area contributed by atoms with Crippen LogP contribution in [-0.2, 0) is 18.4 Å². The van der Waals surface area contributed by atoms with Gasteiger partial charge < -0.3 is 9.64 Å². The van der Waals surface area contributed by atoms with Crippen LogP contribution < -0.4 is 10.4 Å². The van der Waals surface area contributed by atoms with Crippen molar-refractivity contribution in [3.8, 4) is 28.3 Å². The minimum absolute atomic E-state index is 0.140. The number of benzene rings is 2. The van der Waals surface area contributed by atoms with Crippen LogP contribution in [0.25, 0.3) is 22.5 Å². The van der Waals surface area contributed by atoms with Crippen LogP contribution >= 0.6 is 11.6 Å². The molecule has 0 radical (unpaired) electrons. The third-order valence-electron chi connectivity index (χ3n) is 6.60. The molecule has 1 saturated heterocycles. The van der Waals surface area contributed by atoms with E-state index >= 15 is 0 Å². The molecule has 3 aromatic rings. The fourth-order valence-corrected chi connectivity index (χ4v) is 4.85. The highest BCUT2D eigenvalue weighted by Crippen LogP contribution is 2.34. The number of nitrogens with zero attached hydrogens (tertiary/aromatic N) is 4. The number of methoxy groups -OCH3 is 1. The first-order chi connectivity index (χ1) is 15.9. The summed E-state index contributed by atoms with van der Waals surface area (Å²) in [6.07, 6.45) is 2.95. The summed E-state index contributed by atoms with van der Waals surface area (Å²) >= 11 is 6.43. The van der Waals surface area contributed by atoms with Gasteiger partial charge in [0, 0.05) is 43.7 Å². The lowest BCUT2D eigenvalue weighted by molar-refractivity contribution is -0.131. The number of aryl methyl sites for hydroxylation is 1. The number of likely N-dealkylation sites (tertiary alicyclic amines) is 1. The van der Waals surface area contributed by atoms with E-state index in [1.807, 2.05) is 41.3 Å². The maximum atomic E-state index is 12.8. The van der Waals surface area contributed by atoms with Gasteiger partial charge in [0.1, 0.15) is 5.75 Å². The number of carbonyl (C=O) groups excluding carboxylic acids is 1. The van der Waals surface area contributed by atoms with Crippen molar-refractivity contribution in [1.29, 1.82) is 0 Å². The summed E-state index contributed by atoms with van der Waals surface area (Å²) < 4.78 is 8.35. The van der Waals surface area contributed by atoms with Gasteiger partial charge >= 0.3 is 5.69 Å². The van der Waals surface area contributed by atoms with E-state index in [4.69, 9.17) is 16.3 Å². The summed E-state index contributed by atoms with van der Waals surface area (Å²) in [4.78, 5) is 27.2. The smallest absolute Gasteiger partial charge is 0.345 e. The zero-order valence-corrected chi connectivity index (χ0v) is 19.6. The lowest BCUT2D eigenvalue weighted by Crippen LogP contribution is -2.31. The number of halogens is 1. The van der Waals surface area contributed by atoms with E-state index in [0.29, 0.717) is 29.7 Å². The second-order valence-corrected chi connectivity index (χ2v) is 9.38. The van der Waals surface area contributed by atoms with E-state index in [1.165, 1.54) is 4.68 Å². The number of aromatic nitrogens is 3. The van der Waals surface area contributed by atoms with Crippen LogP contribution in [0.2, 0.25) is 5.02 Å². The highest BCUT2D eigenvalue weighted by Gasteiger charge is 2.37. The van der Waals surface area contributed by atoms with Crippen LogP contribution in [0.15, 0.2) is 47.3 Å². The van der Waals surface area contributed by atoms with E-state index in [0.717, 1.165) is 42.5 Å². The van der Waals surface area contributed by atoms with E-state index in [-0.39, 0.29) is 23.4 Å². The van der Waals surface area contributed by atoms with Gasteiger partial charge in [0.05, 0.1) is 12.1 Å². The Morgan fingerprint density at radius 3 is 2.52 bits per heavy atom. The Kier molecular flexibility index (Phi) is 5.74. The average molecular weight is 467 g/mol. The Balaban J connectivity index is 1.37. The Morgan fingerprint density at radius 1 is 1.12 bits per heavy atom. The molecule has 7 nitrogen and oxygen atoms in total. The SMILES string of the molecule is COc1ccc(-c2ccc(-c3nn(C)c(=O)n3C[C@@H]3CCN(C(=O)C4CC4)C3)cc2)c(Cl)c1. The molecule has 1 aromatic heterocycles. The van der Waals surface area contributed by atoms with Gasteiger partial charge in [0.25, 0.3) is 0 Å². The van der Waals surface area contributed by atoms with Crippen LogP contribution in [-0.4, -0.2) is 45.4 Å². The van der Waals surface area contributed by atoms with Crippen molar-refractivity contribution in [2.75, 3.05) is 20.2 Å². The molecular weight excluding hydrogens is 440 g/mol. The van der Waals surface area contributed by atoms with Gasteiger partial charge in [-0.05, 0) is 48.9 Å². The number of amides is 1. The molecule has 0 bridgehead atoms. The molecule has 1 amide bonds. The molecule has 0 unspecified atom stereocenters. The van der Waals surface area contributed by atoms with Crippen LogP contribution in [0.3, 0.4) is 0 Å². The maximum absolute atomic E-state index is 12.8. The van der Waals surface area contributed by atoms with Crippen molar-refractivity contribution >= 4 is 17.5 Å². The van der Waals surface area contributed by atoms with Gasteiger partial charge in [-0.25, -0.2) is 9.48 Å².